The van der Waals surface area contributed by atoms with Crippen LogP contribution in [0.25, 0.3) is 0 Å². The largest absolute Gasteiger partial charge is 0.486 e. The third-order valence-electron chi connectivity index (χ3n) is 3.36. The maximum Gasteiger partial charge on any atom is 0.165 e. The molecule has 0 fully saturated rings. The number of hydrogen-bond donors (Lipinski definition) is 0. The van der Waals surface area contributed by atoms with E-state index < -0.39 is 11.6 Å². The molecule has 0 bridgehead atoms. The summed E-state index contributed by atoms with van der Waals surface area (Å²) in [5.41, 5.74) is 1.20. The van der Waals surface area contributed by atoms with Gasteiger partial charge in [-0.3, -0.25) is 0 Å². The molecule has 0 radical (unpaired) electrons. The summed E-state index contributed by atoms with van der Waals surface area (Å²) in [6, 6.07) is 9.79. The molecule has 5 heteroatoms. The third kappa shape index (κ3) is 2.88. The summed E-state index contributed by atoms with van der Waals surface area (Å²) in [5.74, 6) is -0.281. The molecule has 0 amide bonds. The number of benzene rings is 2. The lowest BCUT2D eigenvalue weighted by Crippen LogP contribution is -2.17. The van der Waals surface area contributed by atoms with Gasteiger partial charge in [0.05, 0.1) is 0 Å². The average molecular weight is 355 g/mol. The van der Waals surface area contributed by atoms with Crippen LogP contribution in [0.5, 0.6) is 11.5 Å². The van der Waals surface area contributed by atoms with Gasteiger partial charge in [0.1, 0.15) is 13.2 Å². The van der Waals surface area contributed by atoms with Crippen molar-refractivity contribution in [2.75, 3.05) is 13.2 Å². The van der Waals surface area contributed by atoms with E-state index in [9.17, 15) is 8.78 Å². The molecular weight excluding hydrogens is 342 g/mol. The minimum atomic E-state index is -0.832. The first-order valence-corrected chi connectivity index (χ1v) is 7.54. The molecule has 0 aromatic heterocycles. The van der Waals surface area contributed by atoms with Crippen LogP contribution in [-0.2, 0) is 6.42 Å². The number of halogens is 3. The monoisotopic (exact) mass is 354 g/mol. The lowest BCUT2D eigenvalue weighted by molar-refractivity contribution is 0.170. The Morgan fingerprint density at radius 3 is 2.67 bits per heavy atom. The molecule has 0 N–H and O–H groups in total. The Balaban J connectivity index is 1.89. The van der Waals surface area contributed by atoms with Crippen LogP contribution < -0.4 is 9.47 Å². The summed E-state index contributed by atoms with van der Waals surface area (Å²) >= 11 is 3.54. The molecule has 0 spiro atoms. The van der Waals surface area contributed by atoms with Gasteiger partial charge in [-0.05, 0) is 24.1 Å². The van der Waals surface area contributed by atoms with Crippen LogP contribution in [0.2, 0.25) is 0 Å². The quantitative estimate of drug-likeness (QED) is 0.760. The van der Waals surface area contributed by atoms with E-state index in [1.54, 1.807) is 6.07 Å². The summed E-state index contributed by atoms with van der Waals surface area (Å²) in [5, 5.41) is 0. The van der Waals surface area contributed by atoms with Crippen LogP contribution in [-0.4, -0.2) is 13.2 Å². The zero-order valence-corrected chi connectivity index (χ0v) is 12.7. The first kappa shape index (κ1) is 14.3. The second kappa shape index (κ2) is 6.02. The van der Waals surface area contributed by atoms with Gasteiger partial charge in [0.15, 0.2) is 23.1 Å². The summed E-state index contributed by atoms with van der Waals surface area (Å²) < 4.78 is 38.2. The molecule has 2 nitrogen and oxygen atoms in total. The first-order valence-electron chi connectivity index (χ1n) is 6.62. The molecule has 2 aromatic carbocycles. The van der Waals surface area contributed by atoms with Crippen molar-refractivity contribution in [3.05, 3.63) is 59.2 Å². The summed E-state index contributed by atoms with van der Waals surface area (Å²) in [6.07, 6.45) is 0.323. The number of hydrogen-bond acceptors (Lipinski definition) is 2. The second-order valence-electron chi connectivity index (χ2n) is 4.76. The Hall–Kier alpha value is -1.62. The Labute approximate surface area is 129 Å². The van der Waals surface area contributed by atoms with Crippen LogP contribution in [0.1, 0.15) is 16.0 Å². The lowest BCUT2D eigenvalue weighted by atomic mass is 10.0. The van der Waals surface area contributed by atoms with Crippen molar-refractivity contribution >= 4 is 15.9 Å². The highest BCUT2D eigenvalue weighted by Gasteiger charge is 2.22. The van der Waals surface area contributed by atoms with E-state index in [1.807, 2.05) is 18.2 Å². The Kier molecular flexibility index (Phi) is 4.10. The minimum Gasteiger partial charge on any atom is -0.486 e. The number of ether oxygens (including phenoxy) is 2. The third-order valence-corrected chi connectivity index (χ3v) is 4.18. The van der Waals surface area contributed by atoms with Crippen molar-refractivity contribution in [3.63, 3.8) is 0 Å². The molecule has 1 aliphatic heterocycles. The van der Waals surface area contributed by atoms with Crippen LogP contribution in [0, 0.1) is 11.6 Å². The Morgan fingerprint density at radius 1 is 1.05 bits per heavy atom. The molecule has 1 atom stereocenters. The number of para-hydroxylation sites is 1. The van der Waals surface area contributed by atoms with E-state index in [1.165, 1.54) is 6.07 Å². The maximum atomic E-state index is 13.8. The van der Waals surface area contributed by atoms with Gasteiger partial charge in [0.2, 0.25) is 0 Å². The van der Waals surface area contributed by atoms with E-state index >= 15 is 0 Å². The van der Waals surface area contributed by atoms with Gasteiger partial charge in [-0.25, -0.2) is 8.78 Å². The summed E-state index contributed by atoms with van der Waals surface area (Å²) in [6.45, 7) is 1.000. The normalized spacial score (nSPS) is 14.8. The maximum absolute atomic E-state index is 13.8. The molecule has 110 valence electrons. The number of fused-ring (bicyclic) bond motifs is 1. The van der Waals surface area contributed by atoms with E-state index in [0.29, 0.717) is 36.7 Å². The van der Waals surface area contributed by atoms with Gasteiger partial charge >= 0.3 is 0 Å². The van der Waals surface area contributed by atoms with E-state index in [0.717, 1.165) is 11.6 Å². The highest BCUT2D eigenvalue weighted by Crippen LogP contribution is 2.41. The fourth-order valence-electron chi connectivity index (χ4n) is 2.35. The minimum absolute atomic E-state index is 0.189. The molecule has 0 aliphatic carbocycles. The van der Waals surface area contributed by atoms with E-state index in [-0.39, 0.29) is 4.83 Å². The van der Waals surface area contributed by atoms with Gasteiger partial charge in [-0.2, -0.15) is 0 Å². The summed E-state index contributed by atoms with van der Waals surface area (Å²) in [7, 11) is 0. The lowest BCUT2D eigenvalue weighted by Gasteiger charge is -2.23. The topological polar surface area (TPSA) is 18.5 Å². The second-order valence-corrected chi connectivity index (χ2v) is 5.86. The van der Waals surface area contributed by atoms with Gasteiger partial charge < -0.3 is 9.47 Å². The number of alkyl halides is 1. The molecule has 2 aromatic rings. The predicted molar refractivity (Wildman–Crippen MR) is 79.2 cm³/mol. The van der Waals surface area contributed by atoms with Crippen molar-refractivity contribution in [1.82, 2.24) is 0 Å². The van der Waals surface area contributed by atoms with Crippen molar-refractivity contribution < 1.29 is 18.3 Å². The van der Waals surface area contributed by atoms with Crippen molar-refractivity contribution in [2.24, 2.45) is 0 Å². The molecular formula is C16H13BrF2O2. The zero-order chi connectivity index (χ0) is 14.8. The van der Waals surface area contributed by atoms with E-state index in [4.69, 9.17) is 9.47 Å². The molecule has 1 heterocycles. The number of rotatable bonds is 3. The van der Waals surface area contributed by atoms with Gasteiger partial charge in [-0.1, -0.05) is 40.2 Å². The SMILES string of the molecule is Fc1cccc(CC(Br)c2cccc3c2OCCO3)c1F. The molecule has 0 saturated carbocycles. The van der Waals surface area contributed by atoms with Crippen LogP contribution >= 0.6 is 15.9 Å². The first-order chi connectivity index (χ1) is 10.2. The van der Waals surface area contributed by atoms with Gasteiger partial charge in [0.25, 0.3) is 0 Å². The Morgan fingerprint density at radius 2 is 1.81 bits per heavy atom. The van der Waals surface area contributed by atoms with Crippen LogP contribution in [0.15, 0.2) is 36.4 Å². The molecule has 1 aliphatic rings. The highest BCUT2D eigenvalue weighted by molar-refractivity contribution is 9.09. The molecule has 1 unspecified atom stereocenters. The zero-order valence-electron chi connectivity index (χ0n) is 11.1. The fourth-order valence-corrected chi connectivity index (χ4v) is 3.06. The molecule has 21 heavy (non-hydrogen) atoms. The molecule has 0 saturated heterocycles. The standard InChI is InChI=1S/C16H13BrF2O2/c17-12(9-10-3-1-5-13(18)15(10)19)11-4-2-6-14-16(11)21-8-7-20-14/h1-6,12H,7-9H2. The van der Waals surface area contributed by atoms with E-state index in [2.05, 4.69) is 15.9 Å². The smallest absolute Gasteiger partial charge is 0.165 e. The highest BCUT2D eigenvalue weighted by atomic mass is 79.9. The van der Waals surface area contributed by atoms with Crippen molar-refractivity contribution in [1.29, 1.82) is 0 Å². The van der Waals surface area contributed by atoms with Crippen molar-refractivity contribution in [2.45, 2.75) is 11.2 Å². The van der Waals surface area contributed by atoms with Gasteiger partial charge in [-0.15, -0.1) is 0 Å². The molecule has 3 rings (SSSR count). The average Bonchev–Trinajstić information content (AvgIpc) is 2.51. The van der Waals surface area contributed by atoms with Gasteiger partial charge in [0, 0.05) is 10.4 Å². The summed E-state index contributed by atoms with van der Waals surface area (Å²) in [4.78, 5) is -0.189. The predicted octanol–water partition coefficient (Wildman–Crippen LogP) is 4.41. The Bertz CT molecular complexity index is 661. The van der Waals surface area contributed by atoms with Crippen LogP contribution in [0.4, 0.5) is 8.78 Å². The fraction of sp³-hybridized carbons (Fsp3) is 0.250. The van der Waals surface area contributed by atoms with Crippen molar-refractivity contribution in [3.8, 4) is 11.5 Å². The van der Waals surface area contributed by atoms with Crippen LogP contribution in [0.3, 0.4) is 0 Å².